The number of carbonyl (C=O) groups excluding carboxylic acids is 1. The molecule has 26 heavy (non-hydrogen) atoms. The van der Waals surface area contributed by atoms with Gasteiger partial charge in [0.05, 0.1) is 0 Å². The summed E-state index contributed by atoms with van der Waals surface area (Å²) in [6.45, 7) is 4.80. The molecule has 0 atom stereocenters. The van der Waals surface area contributed by atoms with Crippen LogP contribution in [0.15, 0.2) is 40.8 Å². The molecule has 0 N–H and O–H groups in total. The van der Waals surface area contributed by atoms with Crippen molar-refractivity contribution in [2.45, 2.75) is 6.61 Å². The Balaban J connectivity index is 1.40. The van der Waals surface area contributed by atoms with E-state index in [1.165, 1.54) is 0 Å². The molecular formula is C19H23ClN2O4. The van der Waals surface area contributed by atoms with Crippen LogP contribution in [0.3, 0.4) is 0 Å². The summed E-state index contributed by atoms with van der Waals surface area (Å²) < 4.78 is 16.3. The lowest BCUT2D eigenvalue weighted by Crippen LogP contribution is -2.49. The van der Waals surface area contributed by atoms with Gasteiger partial charge < -0.3 is 18.8 Å². The second-order valence-corrected chi connectivity index (χ2v) is 6.57. The molecule has 0 saturated carbocycles. The van der Waals surface area contributed by atoms with Crippen molar-refractivity contribution in [1.29, 1.82) is 0 Å². The maximum Gasteiger partial charge on any atom is 0.289 e. The number of hydrogen-bond acceptors (Lipinski definition) is 5. The van der Waals surface area contributed by atoms with Gasteiger partial charge >= 0.3 is 0 Å². The van der Waals surface area contributed by atoms with Crippen molar-refractivity contribution in [1.82, 2.24) is 9.80 Å². The number of hydrogen-bond donors (Lipinski definition) is 0. The highest BCUT2D eigenvalue weighted by atomic mass is 35.5. The molecule has 2 heterocycles. The Hall–Kier alpha value is -2.02. The Morgan fingerprint density at radius 1 is 1.12 bits per heavy atom. The Kier molecular flexibility index (Phi) is 6.55. The normalized spacial score (nSPS) is 15.2. The van der Waals surface area contributed by atoms with Gasteiger partial charge in [0.1, 0.15) is 24.7 Å². The van der Waals surface area contributed by atoms with Gasteiger partial charge in [-0.3, -0.25) is 9.69 Å². The summed E-state index contributed by atoms with van der Waals surface area (Å²) in [5.41, 5.74) is 0. The molecule has 0 radical (unpaired) electrons. The first-order valence-corrected chi connectivity index (χ1v) is 9.01. The van der Waals surface area contributed by atoms with E-state index in [4.69, 9.17) is 25.5 Å². The Bertz CT molecular complexity index is 709. The molecule has 1 aliphatic heterocycles. The van der Waals surface area contributed by atoms with Crippen molar-refractivity contribution < 1.29 is 18.7 Å². The maximum atomic E-state index is 12.5. The molecular weight excluding hydrogens is 356 g/mol. The average molecular weight is 379 g/mol. The predicted molar refractivity (Wildman–Crippen MR) is 98.7 cm³/mol. The van der Waals surface area contributed by atoms with Crippen molar-refractivity contribution in [2.75, 3.05) is 46.4 Å². The van der Waals surface area contributed by atoms with Crippen LogP contribution in [-0.2, 0) is 11.3 Å². The summed E-state index contributed by atoms with van der Waals surface area (Å²) in [6.07, 6.45) is 0. The highest BCUT2D eigenvalue weighted by Crippen LogP contribution is 2.16. The van der Waals surface area contributed by atoms with Gasteiger partial charge in [0.25, 0.3) is 5.91 Å². The summed E-state index contributed by atoms with van der Waals surface area (Å²) in [5.74, 6) is 1.78. The molecule has 140 valence electrons. The van der Waals surface area contributed by atoms with E-state index in [9.17, 15) is 4.79 Å². The fourth-order valence-electron chi connectivity index (χ4n) is 2.87. The zero-order chi connectivity index (χ0) is 18.4. The van der Waals surface area contributed by atoms with E-state index in [2.05, 4.69) is 4.90 Å². The van der Waals surface area contributed by atoms with Crippen LogP contribution in [0, 0.1) is 0 Å². The summed E-state index contributed by atoms with van der Waals surface area (Å²) in [6, 6.07) is 10.8. The number of ether oxygens (including phenoxy) is 2. The van der Waals surface area contributed by atoms with Gasteiger partial charge in [-0.1, -0.05) is 11.6 Å². The van der Waals surface area contributed by atoms with E-state index < -0.39 is 0 Å². The van der Waals surface area contributed by atoms with Crippen LogP contribution >= 0.6 is 11.6 Å². The lowest BCUT2D eigenvalue weighted by Gasteiger charge is -2.34. The van der Waals surface area contributed by atoms with E-state index in [1.54, 1.807) is 19.2 Å². The third-order valence-corrected chi connectivity index (χ3v) is 4.56. The molecule has 1 aromatic carbocycles. The van der Waals surface area contributed by atoms with Crippen LogP contribution in [0.2, 0.25) is 5.02 Å². The molecule has 2 aromatic rings. The predicted octanol–water partition coefficient (Wildman–Crippen LogP) is 2.92. The monoisotopic (exact) mass is 378 g/mol. The van der Waals surface area contributed by atoms with Crippen LogP contribution in [0.4, 0.5) is 0 Å². The lowest BCUT2D eigenvalue weighted by atomic mass is 10.3. The molecule has 0 aliphatic carbocycles. The highest BCUT2D eigenvalue weighted by Gasteiger charge is 2.24. The fourth-order valence-corrected chi connectivity index (χ4v) is 2.99. The largest absolute Gasteiger partial charge is 0.492 e. The molecule has 6 nitrogen and oxygen atoms in total. The van der Waals surface area contributed by atoms with Crippen LogP contribution < -0.4 is 4.74 Å². The number of methoxy groups -OCH3 is 1. The van der Waals surface area contributed by atoms with E-state index >= 15 is 0 Å². The van der Waals surface area contributed by atoms with Gasteiger partial charge in [-0.25, -0.2) is 0 Å². The molecule has 0 unspecified atom stereocenters. The molecule has 1 aliphatic rings. The fraction of sp³-hybridized carbons (Fsp3) is 0.421. The number of furan rings is 1. The number of amides is 1. The van der Waals surface area contributed by atoms with Gasteiger partial charge in [-0.15, -0.1) is 0 Å². The first-order valence-electron chi connectivity index (χ1n) is 8.63. The van der Waals surface area contributed by atoms with Gasteiger partial charge in [0.2, 0.25) is 0 Å². The highest BCUT2D eigenvalue weighted by molar-refractivity contribution is 6.30. The second-order valence-electron chi connectivity index (χ2n) is 6.14. The van der Waals surface area contributed by atoms with Crippen molar-refractivity contribution in [3.63, 3.8) is 0 Å². The Morgan fingerprint density at radius 2 is 1.85 bits per heavy atom. The SMILES string of the molecule is COCc1ccc(C(=O)N2CCN(CCOc3ccc(Cl)cc3)CC2)o1. The van der Waals surface area contributed by atoms with Gasteiger partial charge in [-0.05, 0) is 36.4 Å². The smallest absolute Gasteiger partial charge is 0.289 e. The number of rotatable bonds is 7. The van der Waals surface area contributed by atoms with Crippen LogP contribution in [0.1, 0.15) is 16.3 Å². The van der Waals surface area contributed by atoms with E-state index in [0.717, 1.165) is 25.4 Å². The molecule has 1 fully saturated rings. The Labute approximate surface area is 158 Å². The second kappa shape index (κ2) is 9.07. The summed E-state index contributed by atoms with van der Waals surface area (Å²) >= 11 is 5.86. The first-order chi connectivity index (χ1) is 12.7. The van der Waals surface area contributed by atoms with E-state index in [1.807, 2.05) is 29.2 Å². The summed E-state index contributed by atoms with van der Waals surface area (Å²) in [4.78, 5) is 16.6. The number of carbonyl (C=O) groups is 1. The summed E-state index contributed by atoms with van der Waals surface area (Å²) in [5, 5.41) is 0.698. The minimum Gasteiger partial charge on any atom is -0.492 e. The topological polar surface area (TPSA) is 55.2 Å². The van der Waals surface area contributed by atoms with Gasteiger partial charge in [-0.2, -0.15) is 0 Å². The van der Waals surface area contributed by atoms with Crippen molar-refractivity contribution in [2.24, 2.45) is 0 Å². The minimum absolute atomic E-state index is 0.0654. The number of halogens is 1. The molecule has 0 bridgehead atoms. The van der Waals surface area contributed by atoms with Gasteiger partial charge in [0, 0.05) is 44.9 Å². The standard InChI is InChI=1S/C19H23ClN2O4/c1-24-14-17-6-7-18(26-17)19(23)22-10-8-21(9-11-22)12-13-25-16-4-2-15(20)3-5-16/h2-7H,8-14H2,1H3. The molecule has 7 heteroatoms. The quantitative estimate of drug-likeness (QED) is 0.741. The third kappa shape index (κ3) is 5.00. The average Bonchev–Trinajstić information content (AvgIpc) is 3.12. The molecule has 1 saturated heterocycles. The van der Waals surface area contributed by atoms with E-state index in [0.29, 0.717) is 42.8 Å². The minimum atomic E-state index is -0.0654. The number of benzene rings is 1. The van der Waals surface area contributed by atoms with Crippen molar-refractivity contribution in [3.05, 3.63) is 52.9 Å². The molecule has 0 spiro atoms. The molecule has 1 amide bonds. The van der Waals surface area contributed by atoms with Crippen LogP contribution in [0.25, 0.3) is 0 Å². The van der Waals surface area contributed by atoms with Crippen molar-refractivity contribution in [3.8, 4) is 5.75 Å². The zero-order valence-electron chi connectivity index (χ0n) is 14.8. The van der Waals surface area contributed by atoms with Crippen LogP contribution in [-0.4, -0.2) is 62.1 Å². The first kappa shape index (κ1) is 18.8. The molecule has 1 aromatic heterocycles. The van der Waals surface area contributed by atoms with Crippen LogP contribution in [0.5, 0.6) is 5.75 Å². The molecule has 3 rings (SSSR count). The third-order valence-electron chi connectivity index (χ3n) is 4.31. The number of piperazine rings is 1. The zero-order valence-corrected chi connectivity index (χ0v) is 15.6. The lowest BCUT2D eigenvalue weighted by molar-refractivity contribution is 0.0584. The van der Waals surface area contributed by atoms with E-state index in [-0.39, 0.29) is 5.91 Å². The van der Waals surface area contributed by atoms with Crippen molar-refractivity contribution >= 4 is 17.5 Å². The number of nitrogens with zero attached hydrogens (tertiary/aromatic N) is 2. The maximum absolute atomic E-state index is 12.5. The summed E-state index contributed by atoms with van der Waals surface area (Å²) in [7, 11) is 1.60. The van der Waals surface area contributed by atoms with Gasteiger partial charge in [0.15, 0.2) is 5.76 Å². The Morgan fingerprint density at radius 3 is 2.54 bits per heavy atom.